The van der Waals surface area contributed by atoms with Crippen LogP contribution in [0.15, 0.2) is 30.3 Å². The fraction of sp³-hybridized carbons (Fsp3) is 0.500. The maximum Gasteiger partial charge on any atom is 0.407 e. The van der Waals surface area contributed by atoms with E-state index in [0.717, 1.165) is 5.56 Å². The molecule has 0 bridgehead atoms. The Morgan fingerprint density at radius 2 is 1.95 bits per heavy atom. The molecule has 120 valence electrons. The van der Waals surface area contributed by atoms with Crippen molar-refractivity contribution >= 4 is 12.1 Å². The van der Waals surface area contributed by atoms with Gasteiger partial charge < -0.3 is 19.9 Å². The Morgan fingerprint density at radius 1 is 1.27 bits per heavy atom. The molecule has 0 atom stereocenters. The first kappa shape index (κ1) is 16.3. The highest BCUT2D eigenvalue weighted by molar-refractivity contribution is 5.74. The van der Waals surface area contributed by atoms with E-state index in [4.69, 9.17) is 9.47 Å². The molecular formula is C16H21NO5. The van der Waals surface area contributed by atoms with Crippen LogP contribution in [0, 0.1) is 5.92 Å². The number of nitrogens with one attached hydrogen (secondary N) is 1. The third-order valence-corrected chi connectivity index (χ3v) is 3.65. The summed E-state index contributed by atoms with van der Waals surface area (Å²) in [5, 5.41) is 12.7. The lowest BCUT2D eigenvalue weighted by atomic mass is 9.71. The highest BCUT2D eigenvalue weighted by Crippen LogP contribution is 2.38. The van der Waals surface area contributed by atoms with E-state index in [-0.39, 0.29) is 25.0 Å². The molecule has 0 aromatic heterocycles. The molecule has 0 spiro atoms. The summed E-state index contributed by atoms with van der Waals surface area (Å²) in [6, 6.07) is 9.33. The summed E-state index contributed by atoms with van der Waals surface area (Å²) in [5.74, 6) is -0.578. The lowest BCUT2D eigenvalue weighted by Gasteiger charge is -2.41. The van der Waals surface area contributed by atoms with Gasteiger partial charge in [0.25, 0.3) is 0 Å². The molecule has 0 heterocycles. The van der Waals surface area contributed by atoms with E-state index >= 15 is 0 Å². The minimum atomic E-state index is -1.05. The first-order chi connectivity index (χ1) is 10.5. The van der Waals surface area contributed by atoms with Crippen LogP contribution in [0.1, 0.15) is 25.3 Å². The van der Waals surface area contributed by atoms with E-state index in [1.165, 1.54) is 0 Å². The van der Waals surface area contributed by atoms with Gasteiger partial charge in [0.2, 0.25) is 0 Å². The van der Waals surface area contributed by atoms with Crippen LogP contribution in [-0.4, -0.2) is 35.9 Å². The standard InChI is InChI=1S/C16H21NO5/c1-2-21-14(18)13-8-16(20,9-13)11-17-15(19)22-10-12-6-4-3-5-7-12/h3-7,13,20H,2,8-11H2,1H3,(H,17,19). The molecule has 1 saturated carbocycles. The van der Waals surface area contributed by atoms with Gasteiger partial charge in [-0.3, -0.25) is 4.79 Å². The smallest absolute Gasteiger partial charge is 0.407 e. The fourth-order valence-corrected chi connectivity index (χ4v) is 2.44. The molecule has 1 aliphatic rings. The number of hydrogen-bond acceptors (Lipinski definition) is 5. The predicted octanol–water partition coefficient (Wildman–Crippen LogP) is 1.62. The monoisotopic (exact) mass is 307 g/mol. The lowest BCUT2D eigenvalue weighted by Crippen LogP contribution is -2.54. The van der Waals surface area contributed by atoms with Crippen LogP contribution in [0.25, 0.3) is 0 Å². The van der Waals surface area contributed by atoms with Crippen molar-refractivity contribution in [3.63, 3.8) is 0 Å². The number of esters is 1. The Labute approximate surface area is 129 Å². The van der Waals surface area contributed by atoms with Gasteiger partial charge in [-0.2, -0.15) is 0 Å². The molecule has 0 saturated heterocycles. The quantitative estimate of drug-likeness (QED) is 0.780. The molecule has 0 unspecified atom stereocenters. The van der Waals surface area contributed by atoms with Gasteiger partial charge in [0.1, 0.15) is 6.61 Å². The average Bonchev–Trinajstić information content (AvgIpc) is 2.49. The summed E-state index contributed by atoms with van der Waals surface area (Å²) < 4.78 is 9.94. The third-order valence-electron chi connectivity index (χ3n) is 3.65. The third kappa shape index (κ3) is 4.46. The van der Waals surface area contributed by atoms with Crippen molar-refractivity contribution in [2.24, 2.45) is 5.92 Å². The van der Waals surface area contributed by atoms with Crippen LogP contribution in [0.5, 0.6) is 0 Å². The van der Waals surface area contributed by atoms with E-state index in [0.29, 0.717) is 19.4 Å². The van der Waals surface area contributed by atoms with Gasteiger partial charge >= 0.3 is 12.1 Å². The molecule has 2 rings (SSSR count). The number of benzene rings is 1. The fourth-order valence-electron chi connectivity index (χ4n) is 2.44. The largest absolute Gasteiger partial charge is 0.466 e. The summed E-state index contributed by atoms with van der Waals surface area (Å²) in [6.07, 6.45) is 0.00662. The number of ether oxygens (including phenoxy) is 2. The van der Waals surface area contributed by atoms with Crippen molar-refractivity contribution in [2.75, 3.05) is 13.2 Å². The molecule has 1 fully saturated rings. The number of hydrogen-bond donors (Lipinski definition) is 2. The van der Waals surface area contributed by atoms with Crippen LogP contribution in [0.3, 0.4) is 0 Å². The van der Waals surface area contributed by atoms with Crippen molar-refractivity contribution in [3.8, 4) is 0 Å². The van der Waals surface area contributed by atoms with Crippen LogP contribution in [-0.2, 0) is 20.9 Å². The maximum absolute atomic E-state index is 11.6. The zero-order valence-electron chi connectivity index (χ0n) is 12.6. The molecule has 6 nitrogen and oxygen atoms in total. The second-order valence-electron chi connectivity index (χ2n) is 5.50. The van der Waals surface area contributed by atoms with Gasteiger partial charge in [0.15, 0.2) is 0 Å². The molecule has 1 aromatic carbocycles. The summed E-state index contributed by atoms with van der Waals surface area (Å²) in [6.45, 7) is 2.32. The average molecular weight is 307 g/mol. The molecule has 22 heavy (non-hydrogen) atoms. The summed E-state index contributed by atoms with van der Waals surface area (Å²) in [4.78, 5) is 23.1. The van der Waals surface area contributed by atoms with Gasteiger partial charge in [-0.25, -0.2) is 4.79 Å². The van der Waals surface area contributed by atoms with Gasteiger partial charge in [0.05, 0.1) is 18.1 Å². The van der Waals surface area contributed by atoms with Gasteiger partial charge in [0, 0.05) is 6.54 Å². The summed E-state index contributed by atoms with van der Waals surface area (Å²) in [7, 11) is 0. The molecule has 0 aliphatic heterocycles. The Hall–Kier alpha value is -2.08. The maximum atomic E-state index is 11.6. The number of aliphatic hydroxyl groups is 1. The SMILES string of the molecule is CCOC(=O)C1CC(O)(CNC(=O)OCc2ccccc2)C1. The molecule has 1 aromatic rings. The van der Waals surface area contributed by atoms with Crippen LogP contribution >= 0.6 is 0 Å². The number of amides is 1. The first-order valence-corrected chi connectivity index (χ1v) is 7.36. The normalized spacial score (nSPS) is 23.3. The highest BCUT2D eigenvalue weighted by atomic mass is 16.5. The van der Waals surface area contributed by atoms with E-state index < -0.39 is 11.7 Å². The molecule has 0 radical (unpaired) electrons. The molecular weight excluding hydrogens is 286 g/mol. The van der Waals surface area contributed by atoms with Crippen LogP contribution in [0.4, 0.5) is 4.79 Å². The Morgan fingerprint density at radius 3 is 2.59 bits per heavy atom. The lowest BCUT2D eigenvalue weighted by molar-refractivity contribution is -0.163. The van der Waals surface area contributed by atoms with E-state index in [1.807, 2.05) is 30.3 Å². The van der Waals surface area contributed by atoms with Crippen molar-refractivity contribution < 1.29 is 24.2 Å². The zero-order valence-corrected chi connectivity index (χ0v) is 12.6. The molecule has 1 aliphatic carbocycles. The van der Waals surface area contributed by atoms with Crippen molar-refractivity contribution in [1.82, 2.24) is 5.32 Å². The predicted molar refractivity (Wildman–Crippen MR) is 78.9 cm³/mol. The molecule has 1 amide bonds. The Balaban J connectivity index is 1.66. The zero-order chi connectivity index (χ0) is 16.0. The first-order valence-electron chi connectivity index (χ1n) is 7.36. The molecule has 6 heteroatoms. The summed E-state index contributed by atoms with van der Waals surface area (Å²) >= 11 is 0. The van der Waals surface area contributed by atoms with Crippen molar-refractivity contribution in [1.29, 1.82) is 0 Å². The minimum Gasteiger partial charge on any atom is -0.466 e. The Bertz CT molecular complexity index is 511. The second-order valence-corrected chi connectivity index (χ2v) is 5.50. The van der Waals surface area contributed by atoms with E-state index in [2.05, 4.69) is 5.32 Å². The number of carbonyl (C=O) groups excluding carboxylic acids is 2. The topological polar surface area (TPSA) is 84.9 Å². The molecule has 2 N–H and O–H groups in total. The Kier molecular flexibility index (Phi) is 5.38. The van der Waals surface area contributed by atoms with Crippen LogP contribution < -0.4 is 5.32 Å². The van der Waals surface area contributed by atoms with Crippen LogP contribution in [0.2, 0.25) is 0 Å². The van der Waals surface area contributed by atoms with Gasteiger partial charge in [-0.05, 0) is 25.3 Å². The van der Waals surface area contributed by atoms with Gasteiger partial charge in [-0.1, -0.05) is 30.3 Å². The van der Waals surface area contributed by atoms with E-state index in [9.17, 15) is 14.7 Å². The van der Waals surface area contributed by atoms with Crippen molar-refractivity contribution in [3.05, 3.63) is 35.9 Å². The number of alkyl carbamates (subject to hydrolysis) is 1. The minimum absolute atomic E-state index is 0.0660. The summed E-state index contributed by atoms with van der Waals surface area (Å²) in [5.41, 5.74) is -0.161. The number of rotatable bonds is 6. The second kappa shape index (κ2) is 7.26. The van der Waals surface area contributed by atoms with Gasteiger partial charge in [-0.15, -0.1) is 0 Å². The number of carbonyl (C=O) groups is 2. The highest BCUT2D eigenvalue weighted by Gasteiger charge is 2.47. The van der Waals surface area contributed by atoms with E-state index in [1.54, 1.807) is 6.92 Å². The van der Waals surface area contributed by atoms with Crippen molar-refractivity contribution in [2.45, 2.75) is 32.0 Å².